The number of nitrogens with one attached hydrogen (secondary N) is 1. The fourth-order valence-corrected chi connectivity index (χ4v) is 2.40. The molecule has 23 heavy (non-hydrogen) atoms. The summed E-state index contributed by atoms with van der Waals surface area (Å²) in [6.45, 7) is 4.71. The second kappa shape index (κ2) is 7.85. The summed E-state index contributed by atoms with van der Waals surface area (Å²) in [5.74, 6) is -0.114. The van der Waals surface area contributed by atoms with Crippen LogP contribution in [0.25, 0.3) is 0 Å². The number of rotatable bonds is 7. The Morgan fingerprint density at radius 2 is 1.83 bits per heavy atom. The van der Waals surface area contributed by atoms with Gasteiger partial charge in [-0.3, -0.25) is 14.7 Å². The van der Waals surface area contributed by atoms with Crippen LogP contribution in [0.15, 0.2) is 54.9 Å². The molecule has 122 valence electrons. The lowest BCUT2D eigenvalue weighted by atomic mass is 10.1. The minimum atomic E-state index is -0.869. The summed E-state index contributed by atoms with van der Waals surface area (Å²) in [5, 5.41) is 12.9. The standard InChI is InChI=1S/C18H23N3O2/c1-18(2,23)14-21(12-15-6-4-3-5-7-15)13-17(22)20-16-8-10-19-11-9-16/h3-11,23H,12-14H2,1-2H3,(H,19,20,22). The molecule has 1 heterocycles. The molecule has 5 heteroatoms. The second-order valence-corrected chi connectivity index (χ2v) is 6.23. The molecule has 0 spiro atoms. The average Bonchev–Trinajstić information content (AvgIpc) is 2.47. The average molecular weight is 313 g/mol. The highest BCUT2D eigenvalue weighted by Gasteiger charge is 2.20. The molecule has 0 saturated carbocycles. The molecule has 0 saturated heterocycles. The van der Waals surface area contributed by atoms with Crippen LogP contribution < -0.4 is 5.32 Å². The van der Waals surface area contributed by atoms with Crippen molar-refractivity contribution in [3.8, 4) is 0 Å². The molecule has 0 bridgehead atoms. The van der Waals surface area contributed by atoms with Gasteiger partial charge in [-0.2, -0.15) is 0 Å². The fraction of sp³-hybridized carbons (Fsp3) is 0.333. The van der Waals surface area contributed by atoms with Gasteiger partial charge in [0.1, 0.15) is 0 Å². The van der Waals surface area contributed by atoms with Crippen LogP contribution in [0.3, 0.4) is 0 Å². The zero-order valence-electron chi connectivity index (χ0n) is 13.6. The van der Waals surface area contributed by atoms with Crippen molar-refractivity contribution in [2.45, 2.75) is 26.0 Å². The zero-order valence-corrected chi connectivity index (χ0v) is 13.6. The molecule has 0 unspecified atom stereocenters. The molecule has 2 N–H and O–H groups in total. The molecule has 2 aromatic rings. The van der Waals surface area contributed by atoms with E-state index in [1.807, 2.05) is 35.2 Å². The largest absolute Gasteiger partial charge is 0.389 e. The summed E-state index contributed by atoms with van der Waals surface area (Å²) in [7, 11) is 0. The number of aliphatic hydroxyl groups is 1. The summed E-state index contributed by atoms with van der Waals surface area (Å²) in [5.41, 5.74) is 0.951. The molecule has 2 rings (SSSR count). The van der Waals surface area contributed by atoms with E-state index >= 15 is 0 Å². The van der Waals surface area contributed by atoms with Gasteiger partial charge in [0.05, 0.1) is 12.1 Å². The molecule has 1 aromatic carbocycles. The molecule has 5 nitrogen and oxygen atoms in total. The van der Waals surface area contributed by atoms with E-state index in [2.05, 4.69) is 10.3 Å². The number of carbonyl (C=O) groups excluding carboxylic acids is 1. The number of benzene rings is 1. The van der Waals surface area contributed by atoms with E-state index in [1.54, 1.807) is 38.4 Å². The number of carbonyl (C=O) groups is 1. The molecular formula is C18H23N3O2. The monoisotopic (exact) mass is 313 g/mol. The zero-order chi connectivity index (χ0) is 16.7. The Hall–Kier alpha value is -2.24. The van der Waals surface area contributed by atoms with Gasteiger partial charge < -0.3 is 10.4 Å². The number of aromatic nitrogens is 1. The molecule has 1 aromatic heterocycles. The van der Waals surface area contributed by atoms with Gasteiger partial charge in [0.2, 0.25) is 5.91 Å². The number of anilines is 1. The van der Waals surface area contributed by atoms with Crippen molar-refractivity contribution in [2.75, 3.05) is 18.4 Å². The molecule has 1 amide bonds. The van der Waals surface area contributed by atoms with Gasteiger partial charge in [0.25, 0.3) is 0 Å². The van der Waals surface area contributed by atoms with Crippen LogP contribution in [-0.4, -0.2) is 39.6 Å². The first-order chi connectivity index (χ1) is 10.9. The lowest BCUT2D eigenvalue weighted by Gasteiger charge is -2.28. The number of hydrogen-bond donors (Lipinski definition) is 2. The predicted molar refractivity (Wildman–Crippen MR) is 90.9 cm³/mol. The predicted octanol–water partition coefficient (Wildman–Crippen LogP) is 2.29. The molecule has 0 aliphatic rings. The maximum absolute atomic E-state index is 12.2. The summed E-state index contributed by atoms with van der Waals surface area (Å²) >= 11 is 0. The van der Waals surface area contributed by atoms with Crippen molar-refractivity contribution in [1.29, 1.82) is 0 Å². The van der Waals surface area contributed by atoms with Crippen LogP contribution >= 0.6 is 0 Å². The van der Waals surface area contributed by atoms with Crippen molar-refractivity contribution in [1.82, 2.24) is 9.88 Å². The van der Waals surface area contributed by atoms with Gasteiger partial charge in [-0.1, -0.05) is 30.3 Å². The smallest absolute Gasteiger partial charge is 0.238 e. The van der Waals surface area contributed by atoms with Crippen LogP contribution in [0, 0.1) is 0 Å². The number of amides is 1. The van der Waals surface area contributed by atoms with E-state index in [0.717, 1.165) is 5.56 Å². The third kappa shape index (κ3) is 6.59. The number of pyridine rings is 1. The Labute approximate surface area is 137 Å². The quantitative estimate of drug-likeness (QED) is 0.823. The summed E-state index contributed by atoms with van der Waals surface area (Å²) in [6, 6.07) is 13.4. The van der Waals surface area contributed by atoms with Crippen molar-refractivity contribution in [3.63, 3.8) is 0 Å². The first-order valence-corrected chi connectivity index (χ1v) is 7.61. The maximum atomic E-state index is 12.2. The second-order valence-electron chi connectivity index (χ2n) is 6.23. The van der Waals surface area contributed by atoms with Crippen LogP contribution in [0.1, 0.15) is 19.4 Å². The van der Waals surface area contributed by atoms with E-state index in [-0.39, 0.29) is 12.5 Å². The van der Waals surface area contributed by atoms with Gasteiger partial charge in [-0.25, -0.2) is 0 Å². The normalized spacial score (nSPS) is 11.5. The Balaban J connectivity index is 2.00. The van der Waals surface area contributed by atoms with Crippen LogP contribution in [0.2, 0.25) is 0 Å². The van der Waals surface area contributed by atoms with Crippen LogP contribution in [0.5, 0.6) is 0 Å². The summed E-state index contributed by atoms with van der Waals surface area (Å²) in [4.78, 5) is 18.1. The minimum absolute atomic E-state index is 0.114. The molecule has 0 aliphatic carbocycles. The van der Waals surface area contributed by atoms with E-state index in [9.17, 15) is 9.90 Å². The van der Waals surface area contributed by atoms with E-state index < -0.39 is 5.60 Å². The Bertz CT molecular complexity index is 609. The Morgan fingerprint density at radius 3 is 2.43 bits per heavy atom. The van der Waals surface area contributed by atoms with Gasteiger partial charge in [0.15, 0.2) is 0 Å². The third-order valence-corrected chi connectivity index (χ3v) is 3.19. The van der Waals surface area contributed by atoms with Crippen molar-refractivity contribution in [2.24, 2.45) is 0 Å². The molecule has 0 fully saturated rings. The van der Waals surface area contributed by atoms with Crippen molar-refractivity contribution in [3.05, 3.63) is 60.4 Å². The van der Waals surface area contributed by atoms with Gasteiger partial charge in [-0.05, 0) is 31.5 Å². The van der Waals surface area contributed by atoms with Gasteiger partial charge >= 0.3 is 0 Å². The SMILES string of the molecule is CC(C)(O)CN(CC(=O)Nc1ccncc1)Cc1ccccc1. The van der Waals surface area contributed by atoms with Gasteiger partial charge in [-0.15, -0.1) is 0 Å². The summed E-state index contributed by atoms with van der Waals surface area (Å²) < 4.78 is 0. The minimum Gasteiger partial charge on any atom is -0.389 e. The first kappa shape index (κ1) is 17.1. The Morgan fingerprint density at radius 1 is 1.17 bits per heavy atom. The molecule has 0 atom stereocenters. The molecule has 0 aliphatic heterocycles. The van der Waals surface area contributed by atoms with Crippen LogP contribution in [0.4, 0.5) is 5.69 Å². The first-order valence-electron chi connectivity index (χ1n) is 7.61. The number of hydrogen-bond acceptors (Lipinski definition) is 4. The highest BCUT2D eigenvalue weighted by molar-refractivity contribution is 5.92. The van der Waals surface area contributed by atoms with Crippen LogP contribution in [-0.2, 0) is 11.3 Å². The van der Waals surface area contributed by atoms with Gasteiger partial charge in [0, 0.05) is 31.2 Å². The highest BCUT2D eigenvalue weighted by atomic mass is 16.3. The van der Waals surface area contributed by atoms with Crippen molar-refractivity contribution < 1.29 is 9.90 Å². The van der Waals surface area contributed by atoms with E-state index in [4.69, 9.17) is 0 Å². The maximum Gasteiger partial charge on any atom is 0.238 e. The van der Waals surface area contributed by atoms with E-state index in [1.165, 1.54) is 0 Å². The fourth-order valence-electron chi connectivity index (χ4n) is 2.40. The van der Waals surface area contributed by atoms with Crippen molar-refractivity contribution >= 4 is 11.6 Å². The third-order valence-electron chi connectivity index (χ3n) is 3.19. The highest BCUT2D eigenvalue weighted by Crippen LogP contribution is 2.11. The van der Waals surface area contributed by atoms with E-state index in [0.29, 0.717) is 18.8 Å². The Kier molecular flexibility index (Phi) is 5.84. The topological polar surface area (TPSA) is 65.5 Å². The number of nitrogens with zero attached hydrogens (tertiary/aromatic N) is 2. The lowest BCUT2D eigenvalue weighted by Crippen LogP contribution is -2.42. The molecular weight excluding hydrogens is 290 g/mol. The lowest BCUT2D eigenvalue weighted by molar-refractivity contribution is -0.118. The molecule has 0 radical (unpaired) electrons. The summed E-state index contributed by atoms with van der Waals surface area (Å²) in [6.07, 6.45) is 3.27.